The molecule has 0 radical (unpaired) electrons. The number of hydrogen-bond donors (Lipinski definition) is 0. The number of hydrogen-bond acceptors (Lipinski definition) is 6. The van der Waals surface area contributed by atoms with Crippen molar-refractivity contribution in [3.05, 3.63) is 29.3 Å². The number of likely N-dealkylation sites (tertiary alicyclic amines) is 1. The molecule has 7 nitrogen and oxygen atoms in total. The Morgan fingerprint density at radius 2 is 1.76 bits per heavy atom. The number of esters is 1. The molecular weight excluding hydrogens is 374 g/mol. The van der Waals surface area contributed by atoms with Crippen molar-refractivity contribution in [1.82, 2.24) is 4.90 Å². The van der Waals surface area contributed by atoms with Gasteiger partial charge in [0, 0.05) is 17.7 Å². The Morgan fingerprint density at radius 1 is 1.10 bits per heavy atom. The Labute approximate surface area is 170 Å². The van der Waals surface area contributed by atoms with E-state index in [4.69, 9.17) is 9.47 Å². The molecule has 0 unspecified atom stereocenters. The fraction of sp³-hybridized carbons (Fsp3) is 0.545. The summed E-state index contributed by atoms with van der Waals surface area (Å²) in [5.41, 5.74) is 1.11. The topological polar surface area (TPSA) is 90.0 Å². The minimum absolute atomic E-state index is 0.0393. The highest BCUT2D eigenvalue weighted by atomic mass is 16.5. The summed E-state index contributed by atoms with van der Waals surface area (Å²) in [6, 6.07) is 5.01. The van der Waals surface area contributed by atoms with Gasteiger partial charge in [-0.05, 0) is 44.9 Å². The first-order valence-electron chi connectivity index (χ1n) is 10.2. The molecule has 2 amide bonds. The van der Waals surface area contributed by atoms with Gasteiger partial charge in [-0.1, -0.05) is 12.8 Å². The molecule has 1 saturated heterocycles. The third kappa shape index (κ3) is 4.66. The SMILES string of the molecule is CCOc1ccc(C(C)=O)cc1COC(=O)CCN1C(=O)[C@@H]2CCCC[C@H]2C1=O. The number of nitrogens with zero attached hydrogens (tertiary/aromatic N) is 1. The second kappa shape index (κ2) is 9.20. The Morgan fingerprint density at radius 3 is 2.34 bits per heavy atom. The summed E-state index contributed by atoms with van der Waals surface area (Å²) in [6.45, 7) is 3.77. The summed E-state index contributed by atoms with van der Waals surface area (Å²) in [5.74, 6) is -0.769. The van der Waals surface area contributed by atoms with Crippen molar-refractivity contribution in [2.75, 3.05) is 13.2 Å². The number of benzene rings is 1. The van der Waals surface area contributed by atoms with E-state index in [1.807, 2.05) is 6.92 Å². The summed E-state index contributed by atoms with van der Waals surface area (Å²) in [5, 5.41) is 0. The van der Waals surface area contributed by atoms with Gasteiger partial charge in [-0.3, -0.25) is 24.1 Å². The number of carbonyl (C=O) groups excluding carboxylic acids is 4. The lowest BCUT2D eigenvalue weighted by molar-refractivity contribution is -0.146. The lowest BCUT2D eigenvalue weighted by atomic mass is 9.81. The first-order chi connectivity index (χ1) is 13.9. The van der Waals surface area contributed by atoms with Gasteiger partial charge in [0.05, 0.1) is 24.9 Å². The number of ketones is 1. The van der Waals surface area contributed by atoms with Gasteiger partial charge in [-0.15, -0.1) is 0 Å². The van der Waals surface area contributed by atoms with Crippen molar-refractivity contribution < 1.29 is 28.7 Å². The Kier molecular flexibility index (Phi) is 6.67. The maximum Gasteiger partial charge on any atom is 0.307 e. The largest absolute Gasteiger partial charge is 0.493 e. The minimum Gasteiger partial charge on any atom is -0.493 e. The summed E-state index contributed by atoms with van der Waals surface area (Å²) in [4.78, 5) is 50.0. The molecule has 0 N–H and O–H groups in total. The van der Waals surface area contributed by atoms with Crippen LogP contribution in [0.1, 0.15) is 61.9 Å². The van der Waals surface area contributed by atoms with Gasteiger partial charge in [0.25, 0.3) is 0 Å². The number of rotatable bonds is 8. The van der Waals surface area contributed by atoms with Gasteiger partial charge in [-0.25, -0.2) is 0 Å². The zero-order valence-corrected chi connectivity index (χ0v) is 16.9. The molecule has 1 aromatic carbocycles. The molecule has 29 heavy (non-hydrogen) atoms. The molecule has 2 aliphatic rings. The Bertz CT molecular complexity index is 794. The molecule has 2 fully saturated rings. The third-order valence-electron chi connectivity index (χ3n) is 5.63. The second-order valence-electron chi connectivity index (χ2n) is 7.55. The van der Waals surface area contributed by atoms with Crippen LogP contribution in [0.4, 0.5) is 0 Å². The van der Waals surface area contributed by atoms with Crippen LogP contribution in [0.25, 0.3) is 0 Å². The standard InChI is InChI=1S/C22H27NO6/c1-3-28-19-9-8-15(14(2)24)12-16(19)13-29-20(25)10-11-23-21(26)17-6-4-5-7-18(17)22(23)27/h8-9,12,17-18H,3-7,10-11,13H2,1-2H3/t17-,18-/m1/s1. The average Bonchev–Trinajstić information content (AvgIpc) is 2.96. The van der Waals surface area contributed by atoms with Crippen molar-refractivity contribution in [2.45, 2.75) is 52.6 Å². The molecule has 3 rings (SSSR count). The second-order valence-corrected chi connectivity index (χ2v) is 7.55. The molecule has 1 aliphatic heterocycles. The van der Waals surface area contributed by atoms with Crippen LogP contribution in [0.15, 0.2) is 18.2 Å². The van der Waals surface area contributed by atoms with Crippen LogP contribution in [0.3, 0.4) is 0 Å². The van der Waals surface area contributed by atoms with Crippen molar-refractivity contribution in [3.63, 3.8) is 0 Å². The van der Waals surface area contributed by atoms with Crippen molar-refractivity contribution in [2.24, 2.45) is 11.8 Å². The fourth-order valence-corrected chi connectivity index (χ4v) is 4.09. The predicted molar refractivity (Wildman–Crippen MR) is 104 cm³/mol. The fourth-order valence-electron chi connectivity index (χ4n) is 4.09. The predicted octanol–water partition coefficient (Wildman–Crippen LogP) is 2.90. The van der Waals surface area contributed by atoms with Crippen LogP contribution in [0, 0.1) is 11.8 Å². The highest BCUT2D eigenvalue weighted by Crippen LogP contribution is 2.38. The van der Waals surface area contributed by atoms with E-state index in [1.54, 1.807) is 18.2 Å². The monoisotopic (exact) mass is 401 g/mol. The van der Waals surface area contributed by atoms with Crippen molar-refractivity contribution in [1.29, 1.82) is 0 Å². The van der Waals surface area contributed by atoms with Crippen molar-refractivity contribution >= 4 is 23.6 Å². The maximum absolute atomic E-state index is 12.5. The lowest BCUT2D eigenvalue weighted by Gasteiger charge is -2.19. The van der Waals surface area contributed by atoms with Crippen LogP contribution >= 0.6 is 0 Å². The molecule has 0 spiro atoms. The summed E-state index contributed by atoms with van der Waals surface area (Å²) in [6.07, 6.45) is 3.40. The smallest absolute Gasteiger partial charge is 0.307 e. The number of imide groups is 1. The molecule has 0 aromatic heterocycles. The Hall–Kier alpha value is -2.70. The number of fused-ring (bicyclic) bond motifs is 1. The van der Waals surface area contributed by atoms with Crippen LogP contribution in [-0.2, 0) is 25.7 Å². The van der Waals surface area contributed by atoms with Gasteiger partial charge in [-0.2, -0.15) is 0 Å². The molecule has 1 aromatic rings. The number of ether oxygens (including phenoxy) is 2. The average molecular weight is 401 g/mol. The van der Waals surface area contributed by atoms with E-state index >= 15 is 0 Å². The van der Waals surface area contributed by atoms with E-state index in [9.17, 15) is 19.2 Å². The number of amides is 2. The minimum atomic E-state index is -0.504. The van der Waals surface area contributed by atoms with E-state index in [1.165, 1.54) is 11.8 Å². The third-order valence-corrected chi connectivity index (χ3v) is 5.63. The van der Waals surface area contributed by atoms with Gasteiger partial charge >= 0.3 is 5.97 Å². The van der Waals surface area contributed by atoms with Crippen LogP contribution in [0.2, 0.25) is 0 Å². The zero-order valence-electron chi connectivity index (χ0n) is 16.9. The van der Waals surface area contributed by atoms with E-state index in [0.29, 0.717) is 23.5 Å². The molecule has 2 atom stereocenters. The van der Waals surface area contributed by atoms with Gasteiger partial charge in [0.15, 0.2) is 5.78 Å². The highest BCUT2D eigenvalue weighted by Gasteiger charge is 2.47. The molecule has 7 heteroatoms. The molecule has 1 heterocycles. The van der Waals surface area contributed by atoms with Gasteiger partial charge in [0.1, 0.15) is 12.4 Å². The van der Waals surface area contributed by atoms with Crippen LogP contribution < -0.4 is 4.74 Å². The van der Waals surface area contributed by atoms with Gasteiger partial charge in [0.2, 0.25) is 11.8 Å². The molecular formula is C22H27NO6. The maximum atomic E-state index is 12.5. The summed E-state index contributed by atoms with van der Waals surface area (Å²) in [7, 11) is 0. The van der Waals surface area contributed by atoms with E-state index < -0.39 is 5.97 Å². The normalized spacial score (nSPS) is 21.1. The van der Waals surface area contributed by atoms with E-state index in [-0.39, 0.29) is 49.0 Å². The lowest BCUT2D eigenvalue weighted by Crippen LogP contribution is -2.33. The van der Waals surface area contributed by atoms with E-state index in [2.05, 4.69) is 0 Å². The molecule has 1 aliphatic carbocycles. The first kappa shape index (κ1) is 21.0. The molecule has 156 valence electrons. The highest BCUT2D eigenvalue weighted by molar-refractivity contribution is 6.05. The quantitative estimate of drug-likeness (QED) is 0.378. The zero-order chi connectivity index (χ0) is 21.0. The van der Waals surface area contributed by atoms with Crippen LogP contribution in [-0.4, -0.2) is 41.6 Å². The Balaban J connectivity index is 1.56. The number of carbonyl (C=O) groups is 4. The van der Waals surface area contributed by atoms with E-state index in [0.717, 1.165) is 25.7 Å². The first-order valence-corrected chi connectivity index (χ1v) is 10.2. The van der Waals surface area contributed by atoms with Gasteiger partial charge < -0.3 is 9.47 Å². The molecule has 1 saturated carbocycles. The number of Topliss-reactive ketones (excluding diaryl/α,β-unsaturated/α-hetero) is 1. The van der Waals surface area contributed by atoms with Crippen molar-refractivity contribution in [3.8, 4) is 5.75 Å². The van der Waals surface area contributed by atoms with Crippen LogP contribution in [0.5, 0.6) is 5.75 Å². The molecule has 0 bridgehead atoms. The summed E-state index contributed by atoms with van der Waals surface area (Å²) < 4.78 is 10.8. The summed E-state index contributed by atoms with van der Waals surface area (Å²) >= 11 is 0.